The Bertz CT molecular complexity index is 386. The van der Waals surface area contributed by atoms with Crippen molar-refractivity contribution < 1.29 is 0 Å². The molecule has 1 aromatic carbocycles. The zero-order valence-electron chi connectivity index (χ0n) is 11.0. The summed E-state index contributed by atoms with van der Waals surface area (Å²) in [7, 11) is 0. The third kappa shape index (κ3) is 1.81. The van der Waals surface area contributed by atoms with Gasteiger partial charge in [-0.2, -0.15) is 0 Å². The molecule has 1 heterocycles. The standard InChI is InChI=1S/C16H23N/c1-13-11-17(12-14-7-4-3-5-8-14)15-9-6-10-16(13,15)2/h3-5,7-8,13,15H,6,9-12H2,1-2H3/t13-,15+,16+/m0/s1. The summed E-state index contributed by atoms with van der Waals surface area (Å²) in [6.45, 7) is 7.39. The van der Waals surface area contributed by atoms with Gasteiger partial charge in [0, 0.05) is 19.1 Å². The first-order valence-corrected chi connectivity index (χ1v) is 6.98. The largest absolute Gasteiger partial charge is 0.295 e. The molecule has 1 saturated heterocycles. The Morgan fingerprint density at radius 3 is 2.82 bits per heavy atom. The van der Waals surface area contributed by atoms with E-state index in [0.29, 0.717) is 5.41 Å². The van der Waals surface area contributed by atoms with Crippen molar-refractivity contribution in [2.24, 2.45) is 11.3 Å². The first-order valence-electron chi connectivity index (χ1n) is 6.98. The highest BCUT2D eigenvalue weighted by molar-refractivity contribution is 5.16. The molecule has 0 unspecified atom stereocenters. The van der Waals surface area contributed by atoms with Gasteiger partial charge in [-0.15, -0.1) is 0 Å². The molecule has 92 valence electrons. The molecule has 0 N–H and O–H groups in total. The van der Waals surface area contributed by atoms with Crippen LogP contribution in [0.3, 0.4) is 0 Å². The number of hydrogen-bond donors (Lipinski definition) is 0. The van der Waals surface area contributed by atoms with E-state index in [1.807, 2.05) is 0 Å². The van der Waals surface area contributed by atoms with Crippen LogP contribution >= 0.6 is 0 Å². The number of likely N-dealkylation sites (tertiary alicyclic amines) is 1. The minimum Gasteiger partial charge on any atom is -0.295 e. The molecule has 2 aliphatic rings. The quantitative estimate of drug-likeness (QED) is 0.747. The molecule has 2 fully saturated rings. The van der Waals surface area contributed by atoms with Gasteiger partial charge >= 0.3 is 0 Å². The summed E-state index contributed by atoms with van der Waals surface area (Å²) >= 11 is 0. The van der Waals surface area contributed by atoms with Crippen molar-refractivity contribution in [1.82, 2.24) is 4.90 Å². The highest BCUT2D eigenvalue weighted by Crippen LogP contribution is 2.51. The maximum absolute atomic E-state index is 2.73. The van der Waals surface area contributed by atoms with Crippen LogP contribution in [0.1, 0.15) is 38.7 Å². The van der Waals surface area contributed by atoms with Crippen LogP contribution in [0.15, 0.2) is 30.3 Å². The summed E-state index contributed by atoms with van der Waals surface area (Å²) in [6, 6.07) is 11.8. The molecule has 3 rings (SSSR count). The van der Waals surface area contributed by atoms with Crippen LogP contribution in [-0.2, 0) is 6.54 Å². The second-order valence-electron chi connectivity index (χ2n) is 6.23. The molecule has 0 bridgehead atoms. The van der Waals surface area contributed by atoms with Crippen LogP contribution in [0.25, 0.3) is 0 Å². The van der Waals surface area contributed by atoms with E-state index in [1.54, 1.807) is 0 Å². The summed E-state index contributed by atoms with van der Waals surface area (Å²) in [4.78, 5) is 2.73. The van der Waals surface area contributed by atoms with Crippen molar-refractivity contribution in [2.75, 3.05) is 6.54 Å². The molecule has 1 aromatic rings. The summed E-state index contributed by atoms with van der Waals surface area (Å²) in [6.07, 6.45) is 4.27. The molecular weight excluding hydrogens is 206 g/mol. The average Bonchev–Trinajstić information content (AvgIpc) is 2.81. The Hall–Kier alpha value is -0.820. The van der Waals surface area contributed by atoms with E-state index in [4.69, 9.17) is 0 Å². The maximum atomic E-state index is 2.73. The van der Waals surface area contributed by atoms with Crippen LogP contribution < -0.4 is 0 Å². The number of benzene rings is 1. The molecule has 1 aliphatic carbocycles. The van der Waals surface area contributed by atoms with Gasteiger partial charge in [-0.25, -0.2) is 0 Å². The first kappa shape index (κ1) is 11.3. The molecule has 17 heavy (non-hydrogen) atoms. The van der Waals surface area contributed by atoms with E-state index in [0.717, 1.165) is 18.5 Å². The molecule has 1 aliphatic heterocycles. The molecular formula is C16H23N. The minimum atomic E-state index is 0.592. The van der Waals surface area contributed by atoms with Crippen LogP contribution in [0, 0.1) is 11.3 Å². The van der Waals surface area contributed by atoms with Crippen LogP contribution in [-0.4, -0.2) is 17.5 Å². The Labute approximate surface area is 105 Å². The number of nitrogens with zero attached hydrogens (tertiary/aromatic N) is 1. The van der Waals surface area contributed by atoms with Crippen molar-refractivity contribution in [3.05, 3.63) is 35.9 Å². The fourth-order valence-electron chi connectivity index (χ4n) is 4.03. The SMILES string of the molecule is C[C@H]1CN(Cc2ccccc2)[C@@H]2CCC[C@]12C. The maximum Gasteiger partial charge on any atom is 0.0237 e. The van der Waals surface area contributed by atoms with E-state index >= 15 is 0 Å². The van der Waals surface area contributed by atoms with E-state index in [9.17, 15) is 0 Å². The Balaban J connectivity index is 1.77. The van der Waals surface area contributed by atoms with Gasteiger partial charge in [-0.3, -0.25) is 4.90 Å². The predicted octanol–water partition coefficient (Wildman–Crippen LogP) is 3.70. The van der Waals surface area contributed by atoms with E-state index in [2.05, 4.69) is 49.1 Å². The Morgan fingerprint density at radius 1 is 1.29 bits per heavy atom. The van der Waals surface area contributed by atoms with Crippen molar-refractivity contribution in [3.63, 3.8) is 0 Å². The summed E-state index contributed by atoms with van der Waals surface area (Å²) in [5.41, 5.74) is 2.06. The Kier molecular flexibility index (Phi) is 2.74. The van der Waals surface area contributed by atoms with E-state index < -0.39 is 0 Å². The molecule has 0 amide bonds. The van der Waals surface area contributed by atoms with Gasteiger partial charge in [0.05, 0.1) is 0 Å². The van der Waals surface area contributed by atoms with Gasteiger partial charge in [0.1, 0.15) is 0 Å². The van der Waals surface area contributed by atoms with Crippen LogP contribution in [0.5, 0.6) is 0 Å². The van der Waals surface area contributed by atoms with E-state index in [1.165, 1.54) is 31.4 Å². The number of hydrogen-bond acceptors (Lipinski definition) is 1. The smallest absolute Gasteiger partial charge is 0.0237 e. The molecule has 1 heteroatoms. The molecule has 0 aromatic heterocycles. The van der Waals surface area contributed by atoms with Gasteiger partial charge in [0.2, 0.25) is 0 Å². The summed E-state index contributed by atoms with van der Waals surface area (Å²) in [5, 5.41) is 0. The molecule has 1 nitrogen and oxygen atoms in total. The number of rotatable bonds is 2. The van der Waals surface area contributed by atoms with Crippen molar-refractivity contribution in [3.8, 4) is 0 Å². The van der Waals surface area contributed by atoms with Gasteiger partial charge in [0.25, 0.3) is 0 Å². The van der Waals surface area contributed by atoms with Gasteiger partial charge in [0.15, 0.2) is 0 Å². The average molecular weight is 229 g/mol. The fraction of sp³-hybridized carbons (Fsp3) is 0.625. The Morgan fingerprint density at radius 2 is 2.06 bits per heavy atom. The molecule has 3 atom stereocenters. The summed E-state index contributed by atoms with van der Waals surface area (Å²) in [5.74, 6) is 0.860. The molecule has 0 radical (unpaired) electrons. The minimum absolute atomic E-state index is 0.592. The van der Waals surface area contributed by atoms with Gasteiger partial charge < -0.3 is 0 Å². The normalized spacial score (nSPS) is 37.3. The monoisotopic (exact) mass is 229 g/mol. The highest BCUT2D eigenvalue weighted by atomic mass is 15.2. The second-order valence-corrected chi connectivity index (χ2v) is 6.23. The van der Waals surface area contributed by atoms with Gasteiger partial charge in [-0.1, -0.05) is 50.6 Å². The lowest BCUT2D eigenvalue weighted by molar-refractivity contribution is 0.182. The third-order valence-corrected chi connectivity index (χ3v) is 5.26. The zero-order chi connectivity index (χ0) is 11.9. The summed E-state index contributed by atoms with van der Waals surface area (Å²) < 4.78 is 0. The molecule has 1 saturated carbocycles. The lowest BCUT2D eigenvalue weighted by atomic mass is 9.77. The first-order chi connectivity index (χ1) is 8.20. The lowest BCUT2D eigenvalue weighted by Gasteiger charge is -2.30. The zero-order valence-corrected chi connectivity index (χ0v) is 11.0. The predicted molar refractivity (Wildman–Crippen MR) is 71.8 cm³/mol. The van der Waals surface area contributed by atoms with Crippen molar-refractivity contribution in [1.29, 1.82) is 0 Å². The van der Waals surface area contributed by atoms with Crippen LogP contribution in [0.4, 0.5) is 0 Å². The number of fused-ring (bicyclic) bond motifs is 1. The van der Waals surface area contributed by atoms with E-state index in [-0.39, 0.29) is 0 Å². The molecule has 0 spiro atoms. The third-order valence-electron chi connectivity index (χ3n) is 5.26. The second kappa shape index (κ2) is 4.13. The van der Waals surface area contributed by atoms with Crippen molar-refractivity contribution in [2.45, 2.75) is 45.7 Å². The lowest BCUT2D eigenvalue weighted by Crippen LogP contribution is -2.34. The van der Waals surface area contributed by atoms with Crippen LogP contribution in [0.2, 0.25) is 0 Å². The topological polar surface area (TPSA) is 3.24 Å². The van der Waals surface area contributed by atoms with Gasteiger partial charge in [-0.05, 0) is 29.7 Å². The fourth-order valence-corrected chi connectivity index (χ4v) is 4.03. The highest BCUT2D eigenvalue weighted by Gasteiger charge is 2.50. The van der Waals surface area contributed by atoms with Crippen molar-refractivity contribution >= 4 is 0 Å².